The van der Waals surface area contributed by atoms with Gasteiger partial charge in [0.05, 0.1) is 0 Å². The number of amides is 1. The molecule has 2 rings (SSSR count). The number of Topliss-reactive ketones (excluding diaryl/α,β-unsaturated/α-hetero) is 1. The van der Waals surface area contributed by atoms with Crippen LogP contribution in [0, 0.1) is 0 Å². The average Bonchev–Trinajstić information content (AvgIpc) is 2.60. The molecule has 0 heterocycles. The van der Waals surface area contributed by atoms with Crippen molar-refractivity contribution in [3.05, 3.63) is 63.6 Å². The number of hydrogen-bond donors (Lipinski definition) is 1. The highest BCUT2D eigenvalue weighted by Crippen LogP contribution is 2.32. The molecule has 0 spiro atoms. The van der Waals surface area contributed by atoms with Crippen LogP contribution in [0.25, 0.3) is 0 Å². The fourth-order valence-electron chi connectivity index (χ4n) is 2.90. The van der Waals surface area contributed by atoms with Crippen molar-refractivity contribution in [1.29, 1.82) is 0 Å². The topological polar surface area (TPSA) is 46.2 Å². The summed E-state index contributed by atoms with van der Waals surface area (Å²) < 4.78 is 0.929. The molecule has 26 heavy (non-hydrogen) atoms. The van der Waals surface area contributed by atoms with Crippen LogP contribution < -0.4 is 5.32 Å². The van der Waals surface area contributed by atoms with E-state index in [2.05, 4.69) is 61.1 Å². The highest BCUT2D eigenvalue weighted by Gasteiger charge is 2.16. The average molecular weight is 416 g/mol. The molecule has 138 valence electrons. The predicted molar refractivity (Wildman–Crippen MR) is 111 cm³/mol. The van der Waals surface area contributed by atoms with Gasteiger partial charge in [0.2, 0.25) is 5.91 Å². The Morgan fingerprint density at radius 3 is 1.92 bits per heavy atom. The number of hydrogen-bond acceptors (Lipinski definition) is 2. The number of anilines is 1. The number of carbonyl (C=O) groups is 2. The van der Waals surface area contributed by atoms with Crippen LogP contribution in [0.4, 0.5) is 5.69 Å². The molecule has 0 aliphatic carbocycles. The fourth-order valence-corrected chi connectivity index (χ4v) is 3.17. The van der Waals surface area contributed by atoms with Gasteiger partial charge in [-0.05, 0) is 35.1 Å². The van der Waals surface area contributed by atoms with Crippen molar-refractivity contribution in [2.75, 3.05) is 5.32 Å². The SMILES string of the molecule is CC(C)c1cccc(C(C)C)c1NC(=O)CCC(=O)c1ccc(Br)cc1. The van der Waals surface area contributed by atoms with Crippen LogP contribution in [0.2, 0.25) is 0 Å². The molecule has 0 radical (unpaired) electrons. The smallest absolute Gasteiger partial charge is 0.224 e. The molecule has 3 nitrogen and oxygen atoms in total. The number of para-hydroxylation sites is 1. The first-order chi connectivity index (χ1) is 12.3. The molecule has 0 fully saturated rings. The van der Waals surface area contributed by atoms with E-state index >= 15 is 0 Å². The van der Waals surface area contributed by atoms with Crippen molar-refractivity contribution in [3.8, 4) is 0 Å². The van der Waals surface area contributed by atoms with Gasteiger partial charge in [-0.25, -0.2) is 0 Å². The number of halogens is 1. The number of carbonyl (C=O) groups excluding carboxylic acids is 2. The van der Waals surface area contributed by atoms with E-state index in [1.54, 1.807) is 12.1 Å². The van der Waals surface area contributed by atoms with Crippen molar-refractivity contribution < 1.29 is 9.59 Å². The van der Waals surface area contributed by atoms with Gasteiger partial charge in [0.25, 0.3) is 0 Å². The molecular formula is C22H26BrNO2. The van der Waals surface area contributed by atoms with Crippen molar-refractivity contribution in [1.82, 2.24) is 0 Å². The third kappa shape index (κ3) is 5.28. The highest BCUT2D eigenvalue weighted by molar-refractivity contribution is 9.10. The van der Waals surface area contributed by atoms with Crippen LogP contribution in [-0.2, 0) is 4.79 Å². The Kier molecular flexibility index (Phi) is 7.15. The lowest BCUT2D eigenvalue weighted by atomic mass is 9.92. The number of rotatable bonds is 7. The summed E-state index contributed by atoms with van der Waals surface area (Å²) >= 11 is 3.36. The molecule has 1 amide bonds. The van der Waals surface area contributed by atoms with Gasteiger partial charge in [0.15, 0.2) is 5.78 Å². The molecule has 0 atom stereocenters. The van der Waals surface area contributed by atoms with Gasteiger partial charge in [-0.3, -0.25) is 9.59 Å². The van der Waals surface area contributed by atoms with E-state index in [1.807, 2.05) is 18.2 Å². The molecule has 0 aliphatic heterocycles. The summed E-state index contributed by atoms with van der Waals surface area (Å²) in [6, 6.07) is 13.4. The van der Waals surface area contributed by atoms with Gasteiger partial charge in [0.1, 0.15) is 0 Å². The van der Waals surface area contributed by atoms with Gasteiger partial charge in [-0.2, -0.15) is 0 Å². The zero-order valence-corrected chi connectivity index (χ0v) is 17.4. The number of ketones is 1. The Labute approximate surface area is 164 Å². The maximum atomic E-state index is 12.5. The summed E-state index contributed by atoms with van der Waals surface area (Å²) in [5.41, 5.74) is 3.79. The minimum absolute atomic E-state index is 0.0196. The van der Waals surface area contributed by atoms with Crippen LogP contribution in [0.15, 0.2) is 46.9 Å². The van der Waals surface area contributed by atoms with Crippen LogP contribution in [0.3, 0.4) is 0 Å². The minimum atomic E-state index is -0.120. The Balaban J connectivity index is 2.08. The fraction of sp³-hybridized carbons (Fsp3) is 0.364. The second-order valence-electron chi connectivity index (χ2n) is 7.10. The highest BCUT2D eigenvalue weighted by atomic mass is 79.9. The van der Waals surface area contributed by atoms with Gasteiger partial charge >= 0.3 is 0 Å². The van der Waals surface area contributed by atoms with Gasteiger partial charge in [-0.15, -0.1) is 0 Å². The summed E-state index contributed by atoms with van der Waals surface area (Å²) in [6.45, 7) is 8.47. The maximum absolute atomic E-state index is 12.5. The molecule has 2 aromatic rings. The minimum Gasteiger partial charge on any atom is -0.326 e. The van der Waals surface area contributed by atoms with E-state index in [4.69, 9.17) is 0 Å². The normalized spacial score (nSPS) is 11.0. The zero-order chi connectivity index (χ0) is 19.3. The second kappa shape index (κ2) is 9.13. The van der Waals surface area contributed by atoms with Gasteiger partial charge in [0, 0.05) is 28.6 Å². The molecule has 4 heteroatoms. The first-order valence-electron chi connectivity index (χ1n) is 9.01. The quantitative estimate of drug-likeness (QED) is 0.539. The Morgan fingerprint density at radius 1 is 0.885 bits per heavy atom. The van der Waals surface area contributed by atoms with E-state index < -0.39 is 0 Å². The number of benzene rings is 2. The van der Waals surface area contributed by atoms with Crippen molar-refractivity contribution >= 4 is 33.3 Å². The Morgan fingerprint density at radius 2 is 1.42 bits per heavy atom. The van der Waals surface area contributed by atoms with Crippen molar-refractivity contribution in [2.24, 2.45) is 0 Å². The van der Waals surface area contributed by atoms with E-state index in [1.165, 1.54) is 0 Å². The van der Waals surface area contributed by atoms with E-state index in [0.717, 1.165) is 21.3 Å². The molecule has 0 aliphatic rings. The summed E-state index contributed by atoms with van der Waals surface area (Å²) in [5, 5.41) is 3.06. The lowest BCUT2D eigenvalue weighted by Gasteiger charge is -2.20. The largest absolute Gasteiger partial charge is 0.326 e. The van der Waals surface area contributed by atoms with Crippen molar-refractivity contribution in [3.63, 3.8) is 0 Å². The van der Waals surface area contributed by atoms with E-state index in [-0.39, 0.29) is 24.5 Å². The Hall–Kier alpha value is -1.94. The summed E-state index contributed by atoms with van der Waals surface area (Å²) in [5.74, 6) is 0.487. The van der Waals surface area contributed by atoms with Crippen LogP contribution >= 0.6 is 15.9 Å². The molecular weight excluding hydrogens is 390 g/mol. The Bertz CT molecular complexity index is 753. The maximum Gasteiger partial charge on any atom is 0.224 e. The number of nitrogens with one attached hydrogen (secondary N) is 1. The van der Waals surface area contributed by atoms with Crippen LogP contribution in [0.5, 0.6) is 0 Å². The molecule has 0 saturated carbocycles. The summed E-state index contributed by atoms with van der Waals surface area (Å²) in [4.78, 5) is 24.7. The molecule has 0 bridgehead atoms. The first-order valence-corrected chi connectivity index (χ1v) is 9.80. The molecule has 0 aromatic heterocycles. The van der Waals surface area contributed by atoms with Crippen LogP contribution in [-0.4, -0.2) is 11.7 Å². The van der Waals surface area contributed by atoms with Gasteiger partial charge in [-0.1, -0.05) is 74.0 Å². The van der Waals surface area contributed by atoms with Crippen LogP contribution in [0.1, 0.15) is 73.9 Å². The zero-order valence-electron chi connectivity index (χ0n) is 15.8. The second-order valence-corrected chi connectivity index (χ2v) is 8.01. The summed E-state index contributed by atoms with van der Waals surface area (Å²) in [7, 11) is 0. The third-order valence-electron chi connectivity index (χ3n) is 4.38. The summed E-state index contributed by atoms with van der Waals surface area (Å²) in [6.07, 6.45) is 0.382. The van der Waals surface area contributed by atoms with Crippen molar-refractivity contribution in [2.45, 2.75) is 52.4 Å². The van der Waals surface area contributed by atoms with E-state index in [0.29, 0.717) is 17.4 Å². The lowest BCUT2D eigenvalue weighted by Crippen LogP contribution is -2.17. The predicted octanol–water partition coefficient (Wildman–Crippen LogP) is 6.30. The molecule has 2 aromatic carbocycles. The molecule has 0 unspecified atom stereocenters. The van der Waals surface area contributed by atoms with E-state index in [9.17, 15) is 9.59 Å². The van der Waals surface area contributed by atoms with Gasteiger partial charge < -0.3 is 5.32 Å². The lowest BCUT2D eigenvalue weighted by molar-refractivity contribution is -0.116. The first kappa shape index (κ1) is 20.4. The molecule has 1 N–H and O–H groups in total. The standard InChI is InChI=1S/C22H26BrNO2/c1-14(2)18-6-5-7-19(15(3)4)22(18)24-21(26)13-12-20(25)16-8-10-17(23)11-9-16/h5-11,14-15H,12-13H2,1-4H3,(H,24,26). The third-order valence-corrected chi connectivity index (χ3v) is 4.91. The molecule has 0 saturated heterocycles. The monoisotopic (exact) mass is 415 g/mol.